The summed E-state index contributed by atoms with van der Waals surface area (Å²) in [5.41, 5.74) is -0.649. The molecule has 0 saturated carbocycles. The van der Waals surface area contributed by atoms with E-state index in [2.05, 4.69) is 15.0 Å². The Labute approximate surface area is 124 Å². The summed E-state index contributed by atoms with van der Waals surface area (Å²) in [6, 6.07) is 9.24. The number of aromatic nitrogens is 1. The zero-order chi connectivity index (χ0) is 16.2. The summed E-state index contributed by atoms with van der Waals surface area (Å²) in [7, 11) is 0. The fourth-order valence-corrected chi connectivity index (χ4v) is 1.65. The summed E-state index contributed by atoms with van der Waals surface area (Å²) in [5, 5.41) is 5.46. The second-order valence-corrected chi connectivity index (χ2v) is 4.40. The van der Waals surface area contributed by atoms with E-state index in [9.17, 15) is 18.0 Å². The molecule has 0 bridgehead atoms. The van der Waals surface area contributed by atoms with Gasteiger partial charge in [0.25, 0.3) is 5.91 Å². The van der Waals surface area contributed by atoms with Crippen LogP contribution in [0.5, 0.6) is 5.95 Å². The predicted octanol–water partition coefficient (Wildman–Crippen LogP) is 3.49. The van der Waals surface area contributed by atoms with Gasteiger partial charge in [0.05, 0.1) is 6.07 Å². The lowest BCUT2D eigenvalue weighted by Crippen LogP contribution is -2.32. The molecule has 22 heavy (non-hydrogen) atoms. The smallest absolute Gasteiger partial charge is 0.436 e. The van der Waals surface area contributed by atoms with Gasteiger partial charge in [-0.15, -0.1) is 0 Å². The molecule has 0 spiro atoms. The van der Waals surface area contributed by atoms with Crippen molar-refractivity contribution >= 4 is 11.6 Å². The number of alkyl halides is 3. The molecule has 1 aromatic carbocycles. The third-order valence-corrected chi connectivity index (χ3v) is 2.74. The molecule has 8 heteroatoms. The molecule has 0 aliphatic rings. The normalized spacial score (nSPS) is 12.7. The Morgan fingerprint density at radius 1 is 1.36 bits per heavy atom. The number of benzene rings is 1. The van der Waals surface area contributed by atoms with Crippen LogP contribution in [-0.2, 0) is 11.0 Å². The molecule has 1 atom stereocenters. The molecule has 0 aliphatic carbocycles. The van der Waals surface area contributed by atoms with Crippen molar-refractivity contribution < 1.29 is 27.2 Å². The minimum atomic E-state index is -4.63. The third-order valence-electron chi connectivity index (χ3n) is 2.74. The van der Waals surface area contributed by atoms with E-state index in [0.717, 1.165) is 0 Å². The molecule has 1 amide bonds. The lowest BCUT2D eigenvalue weighted by atomic mass is 10.2. The van der Waals surface area contributed by atoms with Gasteiger partial charge in [0, 0.05) is 5.69 Å². The van der Waals surface area contributed by atoms with Crippen LogP contribution in [0, 0.1) is 0 Å². The largest absolute Gasteiger partial charge is 0.450 e. The monoisotopic (exact) mass is 314 g/mol. The van der Waals surface area contributed by atoms with Gasteiger partial charge in [0.1, 0.15) is 0 Å². The Kier molecular flexibility index (Phi) is 4.69. The summed E-state index contributed by atoms with van der Waals surface area (Å²) in [6.45, 7) is 1.66. The molecule has 0 radical (unpaired) electrons. The number of amides is 1. The highest BCUT2D eigenvalue weighted by Gasteiger charge is 2.36. The summed E-state index contributed by atoms with van der Waals surface area (Å²) in [4.78, 5) is 12.0. The Morgan fingerprint density at radius 3 is 2.59 bits per heavy atom. The highest BCUT2D eigenvalue weighted by molar-refractivity contribution is 5.94. The molecular weight excluding hydrogens is 301 g/mol. The number of nitrogens with one attached hydrogen (secondary N) is 1. The minimum absolute atomic E-state index is 0.251. The second kappa shape index (κ2) is 6.50. The van der Waals surface area contributed by atoms with Crippen LogP contribution in [0.2, 0.25) is 0 Å². The molecule has 0 saturated heterocycles. The molecule has 0 fully saturated rings. The zero-order valence-electron chi connectivity index (χ0n) is 11.6. The van der Waals surface area contributed by atoms with E-state index in [-0.39, 0.29) is 6.42 Å². The number of hydrogen-bond donors (Lipinski definition) is 1. The lowest BCUT2D eigenvalue weighted by molar-refractivity contribution is -0.142. The molecule has 118 valence electrons. The van der Waals surface area contributed by atoms with Crippen molar-refractivity contribution in [2.75, 3.05) is 5.32 Å². The average Bonchev–Trinajstić information content (AvgIpc) is 2.94. The Morgan fingerprint density at radius 2 is 2.05 bits per heavy atom. The van der Waals surface area contributed by atoms with Crippen LogP contribution in [0.4, 0.5) is 18.9 Å². The maximum absolute atomic E-state index is 12.4. The summed E-state index contributed by atoms with van der Waals surface area (Å²) in [5.74, 6) is -0.943. The zero-order valence-corrected chi connectivity index (χ0v) is 11.6. The molecule has 2 rings (SSSR count). The first kappa shape index (κ1) is 15.9. The maximum atomic E-state index is 12.4. The standard InChI is InChI=1S/C14H13F3N2O3/c1-2-10(13(20)18-9-6-4-3-5-7-9)21-12-8-11(19-22-12)14(15,16)17/h3-8,10H,2H2,1H3,(H,18,20). The topological polar surface area (TPSA) is 64.4 Å². The van der Waals surface area contributed by atoms with Crippen molar-refractivity contribution in [1.29, 1.82) is 0 Å². The van der Waals surface area contributed by atoms with Gasteiger partial charge in [-0.3, -0.25) is 4.79 Å². The van der Waals surface area contributed by atoms with Crippen molar-refractivity contribution in [3.05, 3.63) is 42.1 Å². The molecule has 1 N–H and O–H groups in total. The van der Waals surface area contributed by atoms with Crippen molar-refractivity contribution in [3.63, 3.8) is 0 Å². The molecule has 2 aromatic rings. The van der Waals surface area contributed by atoms with E-state index in [1.807, 2.05) is 0 Å². The van der Waals surface area contributed by atoms with E-state index in [1.165, 1.54) is 0 Å². The van der Waals surface area contributed by atoms with Crippen LogP contribution in [0.3, 0.4) is 0 Å². The Bertz CT molecular complexity index is 626. The molecule has 1 unspecified atom stereocenters. The Balaban J connectivity index is 2.02. The first-order valence-electron chi connectivity index (χ1n) is 6.46. The van der Waals surface area contributed by atoms with Crippen LogP contribution < -0.4 is 10.1 Å². The lowest BCUT2D eigenvalue weighted by Gasteiger charge is -2.14. The number of ether oxygens (including phenoxy) is 1. The fourth-order valence-electron chi connectivity index (χ4n) is 1.65. The van der Waals surface area contributed by atoms with Crippen LogP contribution >= 0.6 is 0 Å². The fraction of sp³-hybridized carbons (Fsp3) is 0.286. The van der Waals surface area contributed by atoms with Crippen LogP contribution in [-0.4, -0.2) is 17.2 Å². The number of anilines is 1. The van der Waals surface area contributed by atoms with Gasteiger partial charge >= 0.3 is 12.1 Å². The average molecular weight is 314 g/mol. The number of carbonyl (C=O) groups excluding carboxylic acids is 1. The first-order valence-corrected chi connectivity index (χ1v) is 6.46. The van der Waals surface area contributed by atoms with Gasteiger partial charge in [-0.05, 0) is 18.6 Å². The third kappa shape index (κ3) is 4.00. The molecule has 5 nitrogen and oxygen atoms in total. The number of hydrogen-bond acceptors (Lipinski definition) is 4. The number of para-hydroxylation sites is 1. The van der Waals surface area contributed by atoms with Gasteiger partial charge in [0.15, 0.2) is 11.8 Å². The van der Waals surface area contributed by atoms with E-state index >= 15 is 0 Å². The highest BCUT2D eigenvalue weighted by atomic mass is 19.4. The summed E-state index contributed by atoms with van der Waals surface area (Å²) >= 11 is 0. The van der Waals surface area contributed by atoms with Gasteiger partial charge in [-0.25, -0.2) is 0 Å². The first-order chi connectivity index (χ1) is 10.4. The maximum Gasteiger partial charge on any atom is 0.436 e. The molecular formula is C14H13F3N2O3. The van der Waals surface area contributed by atoms with Crippen LogP contribution in [0.15, 0.2) is 40.9 Å². The molecule has 1 aromatic heterocycles. The number of rotatable bonds is 5. The van der Waals surface area contributed by atoms with Crippen molar-refractivity contribution in [2.24, 2.45) is 0 Å². The van der Waals surface area contributed by atoms with Gasteiger partial charge in [-0.2, -0.15) is 13.2 Å². The van der Waals surface area contributed by atoms with E-state index in [1.54, 1.807) is 37.3 Å². The summed E-state index contributed by atoms with van der Waals surface area (Å²) < 4.78 is 46.8. The van der Waals surface area contributed by atoms with E-state index in [4.69, 9.17) is 4.74 Å². The quantitative estimate of drug-likeness (QED) is 0.917. The second-order valence-electron chi connectivity index (χ2n) is 4.40. The van der Waals surface area contributed by atoms with E-state index in [0.29, 0.717) is 11.8 Å². The van der Waals surface area contributed by atoms with Gasteiger partial charge in [0.2, 0.25) is 0 Å². The van der Waals surface area contributed by atoms with Crippen molar-refractivity contribution in [2.45, 2.75) is 25.6 Å². The highest BCUT2D eigenvalue weighted by Crippen LogP contribution is 2.31. The SMILES string of the molecule is CCC(Oc1cc(C(F)(F)F)no1)C(=O)Nc1ccccc1. The minimum Gasteiger partial charge on any atom is -0.450 e. The van der Waals surface area contributed by atoms with Crippen LogP contribution in [0.25, 0.3) is 0 Å². The van der Waals surface area contributed by atoms with E-state index < -0.39 is 29.8 Å². The molecule has 0 aliphatic heterocycles. The molecule has 1 heterocycles. The van der Waals surface area contributed by atoms with Crippen molar-refractivity contribution in [3.8, 4) is 5.95 Å². The van der Waals surface area contributed by atoms with Gasteiger partial charge < -0.3 is 14.6 Å². The predicted molar refractivity (Wildman–Crippen MR) is 71.3 cm³/mol. The van der Waals surface area contributed by atoms with Crippen molar-refractivity contribution in [1.82, 2.24) is 5.16 Å². The number of nitrogens with zero attached hydrogens (tertiary/aromatic N) is 1. The number of halogens is 3. The Hall–Kier alpha value is -2.51. The number of carbonyl (C=O) groups is 1. The summed E-state index contributed by atoms with van der Waals surface area (Å²) in [6.07, 6.45) is -5.37. The van der Waals surface area contributed by atoms with Crippen LogP contribution in [0.1, 0.15) is 19.0 Å². The van der Waals surface area contributed by atoms with Gasteiger partial charge in [-0.1, -0.05) is 30.3 Å².